The van der Waals surface area contributed by atoms with Gasteiger partial charge in [0.05, 0.1) is 13.2 Å². The molecule has 278 valence electrons. The summed E-state index contributed by atoms with van der Waals surface area (Å²) in [5.74, 6) is 1.95. The first-order chi connectivity index (χ1) is 27.3. The van der Waals surface area contributed by atoms with Crippen LogP contribution in [0.25, 0.3) is 66.1 Å². The molecule has 4 nitrogen and oxygen atoms in total. The summed E-state index contributed by atoms with van der Waals surface area (Å²) in [6.07, 6.45) is 1.55. The van der Waals surface area contributed by atoms with E-state index in [1.807, 2.05) is 84.9 Å². The van der Waals surface area contributed by atoms with Crippen molar-refractivity contribution in [2.75, 3.05) is 13.2 Å². The molecule has 0 spiro atoms. The van der Waals surface area contributed by atoms with Gasteiger partial charge in [-0.25, -0.2) is 0 Å². The van der Waals surface area contributed by atoms with Gasteiger partial charge in [0, 0.05) is 33.4 Å². The van der Waals surface area contributed by atoms with Gasteiger partial charge in [-0.1, -0.05) is 109 Å². The van der Waals surface area contributed by atoms with Gasteiger partial charge in [-0.2, -0.15) is 0 Å². The Morgan fingerprint density at radius 1 is 0.393 bits per heavy atom. The van der Waals surface area contributed by atoms with Crippen LogP contribution in [0.1, 0.15) is 35.1 Å². The van der Waals surface area contributed by atoms with Crippen LogP contribution in [0.5, 0.6) is 23.0 Å². The minimum atomic E-state index is 0.247. The molecule has 0 atom stereocenters. The molecule has 56 heavy (non-hydrogen) atoms. The Labute approximate surface area is 329 Å². The van der Waals surface area contributed by atoms with Crippen LogP contribution in [-0.2, 0) is 0 Å². The maximum absolute atomic E-state index is 11.9. The molecule has 4 heteroatoms. The lowest BCUT2D eigenvalue weighted by molar-refractivity contribution is 0.267. The van der Waals surface area contributed by atoms with E-state index in [0.29, 0.717) is 13.2 Å². The molecule has 0 radical (unpaired) electrons. The predicted molar refractivity (Wildman–Crippen MR) is 232 cm³/mol. The van der Waals surface area contributed by atoms with Gasteiger partial charge < -0.3 is 19.7 Å². The maximum Gasteiger partial charge on any atom is 0.131 e. The number of hydrogen-bond donors (Lipinski definition) is 2. The first-order valence-corrected chi connectivity index (χ1v) is 19.4. The van der Waals surface area contributed by atoms with E-state index in [0.717, 1.165) is 113 Å². The molecule has 8 rings (SSSR count). The fourth-order valence-corrected chi connectivity index (χ4v) is 8.02. The molecule has 0 aliphatic rings. The summed E-state index contributed by atoms with van der Waals surface area (Å²) >= 11 is 0. The van der Waals surface area contributed by atoms with Gasteiger partial charge in [0.1, 0.15) is 23.0 Å². The summed E-state index contributed by atoms with van der Waals surface area (Å²) in [5.41, 5.74) is 11.3. The third-order valence-electron chi connectivity index (χ3n) is 10.7. The lowest BCUT2D eigenvalue weighted by Gasteiger charge is -2.18. The molecule has 2 N–H and O–H groups in total. The highest BCUT2D eigenvalue weighted by Gasteiger charge is 2.20. The minimum absolute atomic E-state index is 0.247. The van der Waals surface area contributed by atoms with Crippen molar-refractivity contribution in [1.82, 2.24) is 0 Å². The maximum atomic E-state index is 11.9. The van der Waals surface area contributed by atoms with Crippen LogP contribution in [0.15, 0.2) is 146 Å². The average Bonchev–Trinajstić information content (AvgIpc) is 3.21. The van der Waals surface area contributed by atoms with Gasteiger partial charge in [-0.05, 0) is 132 Å². The van der Waals surface area contributed by atoms with E-state index in [-0.39, 0.29) is 11.5 Å². The number of rotatable bonds is 11. The molecule has 0 aliphatic heterocycles. The summed E-state index contributed by atoms with van der Waals surface area (Å²) in [4.78, 5) is 0. The minimum Gasteiger partial charge on any atom is -0.507 e. The third kappa shape index (κ3) is 7.07. The second-order valence-electron chi connectivity index (χ2n) is 14.8. The Morgan fingerprint density at radius 2 is 0.768 bits per heavy atom. The normalized spacial score (nSPS) is 11.3. The zero-order chi connectivity index (χ0) is 38.8. The van der Waals surface area contributed by atoms with Crippen LogP contribution in [0.4, 0.5) is 0 Å². The summed E-state index contributed by atoms with van der Waals surface area (Å²) < 4.78 is 12.8. The molecule has 0 heterocycles. The molecule has 0 saturated carbocycles. The second-order valence-corrected chi connectivity index (χ2v) is 14.8. The zero-order valence-electron chi connectivity index (χ0n) is 32.4. The largest absolute Gasteiger partial charge is 0.507 e. The van der Waals surface area contributed by atoms with Gasteiger partial charge >= 0.3 is 0 Å². The van der Waals surface area contributed by atoms with E-state index < -0.39 is 0 Å². The molecule has 8 aromatic rings. The van der Waals surface area contributed by atoms with Gasteiger partial charge in [0.15, 0.2) is 0 Å². The quantitative estimate of drug-likeness (QED) is 0.130. The van der Waals surface area contributed by atoms with Crippen LogP contribution < -0.4 is 9.47 Å². The lowest BCUT2D eigenvalue weighted by atomic mass is 9.89. The SMILES string of the molecule is Cc1cc(-c2ccccc2OCCCCOc2ccccc2-c2cc(C)cc(-c3c(C)ccc4ccccc34)c2O)c(O)c(-c2c(C)ccc3ccccc23)c1. The van der Waals surface area contributed by atoms with Crippen molar-refractivity contribution in [3.8, 4) is 67.5 Å². The van der Waals surface area contributed by atoms with Crippen LogP contribution in [0.3, 0.4) is 0 Å². The fraction of sp³-hybridized carbons (Fsp3) is 0.154. The number of unbranched alkanes of at least 4 members (excludes halogenated alkanes) is 1. The summed E-state index contributed by atoms with van der Waals surface area (Å²) in [6, 6.07) is 49.2. The lowest BCUT2D eigenvalue weighted by Crippen LogP contribution is -2.04. The number of fused-ring (bicyclic) bond motifs is 2. The fourth-order valence-electron chi connectivity index (χ4n) is 8.02. The molecular weight excluding hydrogens is 689 g/mol. The number of aromatic hydroxyl groups is 2. The standard InChI is InChI=1S/C52H46O4/c1-33-29-43(51(53)45(31-33)49-35(3)23-25-37-15-5-7-17-39(37)49)41-19-9-11-21-47(41)55-27-13-14-28-56-48-22-12-10-20-42(48)44-30-34(2)32-46(52(44)54)50-36(4)24-26-38-16-6-8-18-40(38)50/h5-12,15-26,29-32,53-54H,13-14,27-28H2,1-4H3. The highest BCUT2D eigenvalue weighted by atomic mass is 16.5. The van der Waals surface area contributed by atoms with E-state index in [1.165, 1.54) is 0 Å². The van der Waals surface area contributed by atoms with Crippen LogP contribution in [0, 0.1) is 27.7 Å². The van der Waals surface area contributed by atoms with Crippen LogP contribution in [0.2, 0.25) is 0 Å². The van der Waals surface area contributed by atoms with Gasteiger partial charge in [0.25, 0.3) is 0 Å². The number of phenolic OH excluding ortho intramolecular Hbond substituents is 2. The Kier molecular flexibility index (Phi) is 10.2. The summed E-state index contributed by atoms with van der Waals surface area (Å²) in [6.45, 7) is 9.32. The van der Waals surface area contributed by atoms with Crippen molar-refractivity contribution in [2.45, 2.75) is 40.5 Å². The van der Waals surface area contributed by atoms with Crippen molar-refractivity contribution < 1.29 is 19.7 Å². The molecule has 0 unspecified atom stereocenters. The Hall–Kier alpha value is -6.52. The van der Waals surface area contributed by atoms with Crippen molar-refractivity contribution in [3.05, 3.63) is 168 Å². The van der Waals surface area contributed by atoms with Crippen molar-refractivity contribution in [1.29, 1.82) is 0 Å². The first kappa shape index (κ1) is 36.5. The average molecular weight is 735 g/mol. The number of ether oxygens (including phenoxy) is 2. The monoisotopic (exact) mass is 734 g/mol. The summed E-state index contributed by atoms with van der Waals surface area (Å²) in [5, 5.41) is 28.2. The molecule has 0 saturated heterocycles. The van der Waals surface area contributed by atoms with E-state index >= 15 is 0 Å². The number of benzene rings is 8. The Balaban J connectivity index is 0.979. The van der Waals surface area contributed by atoms with E-state index in [4.69, 9.17) is 9.47 Å². The molecule has 0 fully saturated rings. The molecule has 0 bridgehead atoms. The molecule has 0 aliphatic carbocycles. The number of para-hydroxylation sites is 2. The third-order valence-corrected chi connectivity index (χ3v) is 10.7. The number of hydrogen-bond acceptors (Lipinski definition) is 4. The molecule has 0 amide bonds. The van der Waals surface area contributed by atoms with Crippen molar-refractivity contribution >= 4 is 21.5 Å². The molecule has 8 aromatic carbocycles. The Bertz CT molecular complexity index is 2540. The Morgan fingerprint density at radius 3 is 1.21 bits per heavy atom. The predicted octanol–water partition coefficient (Wildman–Crippen LogP) is 13.5. The summed E-state index contributed by atoms with van der Waals surface area (Å²) in [7, 11) is 0. The molecule has 0 aromatic heterocycles. The first-order valence-electron chi connectivity index (χ1n) is 19.4. The van der Waals surface area contributed by atoms with Crippen molar-refractivity contribution in [3.63, 3.8) is 0 Å². The van der Waals surface area contributed by atoms with Gasteiger partial charge in [-0.3, -0.25) is 0 Å². The van der Waals surface area contributed by atoms with E-state index in [1.54, 1.807) is 0 Å². The zero-order valence-corrected chi connectivity index (χ0v) is 32.4. The smallest absolute Gasteiger partial charge is 0.131 e. The van der Waals surface area contributed by atoms with Gasteiger partial charge in [0.2, 0.25) is 0 Å². The second kappa shape index (κ2) is 15.7. The topological polar surface area (TPSA) is 58.9 Å². The van der Waals surface area contributed by atoms with E-state index in [9.17, 15) is 10.2 Å². The number of aryl methyl sites for hydroxylation is 4. The van der Waals surface area contributed by atoms with E-state index in [2.05, 4.69) is 88.4 Å². The molecular formula is C52H46O4. The van der Waals surface area contributed by atoms with Crippen LogP contribution in [-0.4, -0.2) is 23.4 Å². The van der Waals surface area contributed by atoms with Crippen molar-refractivity contribution in [2.24, 2.45) is 0 Å². The van der Waals surface area contributed by atoms with Crippen LogP contribution >= 0.6 is 0 Å². The van der Waals surface area contributed by atoms with Gasteiger partial charge in [-0.15, -0.1) is 0 Å². The highest BCUT2D eigenvalue weighted by molar-refractivity contribution is 6.02. The highest BCUT2D eigenvalue weighted by Crippen LogP contribution is 2.47. The number of phenols is 2.